The molecule has 1 spiro atoms. The van der Waals surface area contributed by atoms with Crippen molar-refractivity contribution in [3.63, 3.8) is 0 Å². The van der Waals surface area contributed by atoms with Gasteiger partial charge in [0.15, 0.2) is 0 Å². The topological polar surface area (TPSA) is 26.3 Å². The normalized spacial score (nSPS) is 26.4. The molecule has 0 saturated carbocycles. The van der Waals surface area contributed by atoms with Crippen LogP contribution >= 0.6 is 6.98 Å². The molecule has 0 amide bonds. The fourth-order valence-electron chi connectivity index (χ4n) is 3.43. The van der Waals surface area contributed by atoms with Gasteiger partial charge in [-0.3, -0.25) is 0 Å². The average molecular weight is 306 g/mol. The third-order valence-electron chi connectivity index (χ3n) is 4.71. The molecule has 0 unspecified atom stereocenters. The third kappa shape index (κ3) is 1.46. The maximum absolute atomic E-state index is 12.6. The number of alkyl halides is 3. The van der Waals surface area contributed by atoms with Crippen molar-refractivity contribution in [3.05, 3.63) is 29.8 Å². The number of carbonyl (C=O) groups excluding carboxylic acids is 1. The molecule has 0 radical (unpaired) electrons. The molecule has 110 valence electrons. The van der Waals surface area contributed by atoms with Gasteiger partial charge in [0.05, 0.1) is 0 Å². The van der Waals surface area contributed by atoms with Gasteiger partial charge < -0.3 is 0 Å². The van der Waals surface area contributed by atoms with Crippen molar-refractivity contribution in [1.82, 2.24) is 0 Å². The maximum atomic E-state index is 12.6. The Labute approximate surface area is 115 Å². The van der Waals surface area contributed by atoms with Crippen molar-refractivity contribution >= 4 is 18.3 Å². The zero-order valence-electron chi connectivity index (χ0n) is 11.3. The monoisotopic (exact) mass is 306 g/mol. The number of carbonyl (C=O) groups is 1. The standard InChI is InChI=1S/C13H16F3NO2P/c1-17(2)9-10-5-3-4-6-11(10)20(17,7-8-20)19-12(18)13(14,15)16/h3-6H,7-9H2,1-2H3/q+1. The molecule has 1 aromatic rings. The summed E-state index contributed by atoms with van der Waals surface area (Å²) in [5, 5.41) is 0.848. The van der Waals surface area contributed by atoms with Gasteiger partial charge in [-0.2, -0.15) is 0 Å². The number of fused-ring (bicyclic) bond motifs is 2. The van der Waals surface area contributed by atoms with E-state index >= 15 is 0 Å². The van der Waals surface area contributed by atoms with Crippen molar-refractivity contribution in [1.29, 1.82) is 0 Å². The van der Waals surface area contributed by atoms with E-state index in [0.29, 0.717) is 23.1 Å². The number of rotatable bonds is 1. The Balaban J connectivity index is 2.12. The summed E-state index contributed by atoms with van der Waals surface area (Å²) in [6.07, 6.45) is -3.83. The van der Waals surface area contributed by atoms with Crippen LogP contribution in [0.2, 0.25) is 0 Å². The van der Waals surface area contributed by atoms with Gasteiger partial charge in [-0.15, -0.1) is 0 Å². The first-order valence-corrected chi connectivity index (χ1v) is 8.83. The molecule has 1 saturated heterocycles. The molecule has 20 heavy (non-hydrogen) atoms. The van der Waals surface area contributed by atoms with E-state index in [1.165, 1.54) is 0 Å². The minimum absolute atomic E-state index is 0.340. The van der Waals surface area contributed by atoms with Crippen molar-refractivity contribution in [3.8, 4) is 0 Å². The summed E-state index contributed by atoms with van der Waals surface area (Å²) in [6, 6.07) is 7.41. The molecule has 1 aromatic carbocycles. The van der Waals surface area contributed by atoms with E-state index in [-0.39, 0.29) is 0 Å². The Morgan fingerprint density at radius 3 is 2.40 bits per heavy atom. The summed E-state index contributed by atoms with van der Waals surface area (Å²) in [5.74, 6) is -2.05. The molecule has 0 aromatic heterocycles. The number of nitrogens with zero attached hydrogens (tertiary/aromatic N) is 1. The number of quaternary nitrogens is 1. The molecule has 0 atom stereocenters. The van der Waals surface area contributed by atoms with Crippen molar-refractivity contribution in [2.24, 2.45) is 0 Å². The van der Waals surface area contributed by atoms with Crippen molar-refractivity contribution in [2.75, 3.05) is 26.4 Å². The van der Waals surface area contributed by atoms with Gasteiger partial charge in [0, 0.05) is 0 Å². The molecule has 2 aliphatic heterocycles. The van der Waals surface area contributed by atoms with Crippen molar-refractivity contribution in [2.45, 2.75) is 12.7 Å². The first-order valence-electron chi connectivity index (χ1n) is 6.36. The summed E-state index contributed by atoms with van der Waals surface area (Å²) in [5.41, 5.74) is 1.00. The van der Waals surface area contributed by atoms with E-state index < -0.39 is 19.1 Å². The summed E-state index contributed by atoms with van der Waals surface area (Å²) in [7, 11) is 3.74. The molecule has 7 heteroatoms. The van der Waals surface area contributed by atoms with E-state index in [1.54, 1.807) is 6.07 Å². The molecule has 3 rings (SSSR count). The van der Waals surface area contributed by atoms with Crippen LogP contribution in [0.5, 0.6) is 0 Å². The summed E-state index contributed by atoms with van der Waals surface area (Å²) in [4.78, 5) is 11.4. The van der Waals surface area contributed by atoms with Crippen LogP contribution in [0.4, 0.5) is 13.2 Å². The predicted octanol–water partition coefficient (Wildman–Crippen LogP) is 2.40. The zero-order chi connectivity index (χ0) is 14.8. The van der Waals surface area contributed by atoms with Crippen LogP contribution in [-0.4, -0.2) is 42.8 Å². The molecular weight excluding hydrogens is 290 g/mol. The molecule has 1 fully saturated rings. The van der Waals surface area contributed by atoms with E-state index in [9.17, 15) is 18.0 Å². The summed E-state index contributed by atoms with van der Waals surface area (Å²) in [6.45, 7) is -2.67. The van der Waals surface area contributed by atoms with Crippen LogP contribution in [0.3, 0.4) is 0 Å². The Hall–Kier alpha value is -1.13. The van der Waals surface area contributed by atoms with Crippen LogP contribution in [0, 0.1) is 0 Å². The van der Waals surface area contributed by atoms with E-state index in [0.717, 1.165) is 10.9 Å². The Kier molecular flexibility index (Phi) is 2.45. The fourth-order valence-corrected chi connectivity index (χ4v) is 9.36. The van der Waals surface area contributed by atoms with Crippen LogP contribution < -0.4 is 5.30 Å². The quantitative estimate of drug-likeness (QED) is 0.745. The van der Waals surface area contributed by atoms with Gasteiger partial charge in [-0.1, -0.05) is 0 Å². The van der Waals surface area contributed by atoms with Crippen LogP contribution in [0.25, 0.3) is 0 Å². The van der Waals surface area contributed by atoms with Gasteiger partial charge in [0.2, 0.25) is 0 Å². The number of halogens is 3. The molecule has 0 bridgehead atoms. The van der Waals surface area contributed by atoms with Crippen LogP contribution in [0.15, 0.2) is 24.3 Å². The fraction of sp³-hybridized carbons (Fsp3) is 0.462. The SMILES string of the molecule is C[N+]1(C)Cc2ccccc2P12(OC(=O)C(F)(F)F)CC2. The second kappa shape index (κ2) is 3.55. The van der Waals surface area contributed by atoms with Gasteiger partial charge in [0.1, 0.15) is 0 Å². The minimum atomic E-state index is -4.94. The van der Waals surface area contributed by atoms with Crippen LogP contribution in [0.1, 0.15) is 5.56 Å². The van der Waals surface area contributed by atoms with E-state index in [4.69, 9.17) is 4.52 Å². The van der Waals surface area contributed by atoms with Crippen LogP contribution in [-0.2, 0) is 15.9 Å². The second-order valence-electron chi connectivity index (χ2n) is 6.09. The molecule has 2 heterocycles. The molecule has 0 N–H and O–H groups in total. The summed E-state index contributed by atoms with van der Waals surface area (Å²) < 4.78 is 43.5. The third-order valence-corrected chi connectivity index (χ3v) is 11.2. The number of hydrogen-bond acceptors (Lipinski definition) is 2. The first-order chi connectivity index (χ1) is 9.12. The van der Waals surface area contributed by atoms with Gasteiger partial charge in [-0.05, 0) is 0 Å². The second-order valence-corrected chi connectivity index (χ2v) is 11.4. The van der Waals surface area contributed by atoms with Gasteiger partial charge >= 0.3 is 114 Å². The predicted molar refractivity (Wildman–Crippen MR) is 70.7 cm³/mol. The van der Waals surface area contributed by atoms with Crippen molar-refractivity contribution < 1.29 is 26.7 Å². The Bertz CT molecular complexity index is 608. The zero-order valence-corrected chi connectivity index (χ0v) is 12.2. The average Bonchev–Trinajstić information content (AvgIpc) is 3.02. The van der Waals surface area contributed by atoms with Gasteiger partial charge in [0.25, 0.3) is 0 Å². The molecule has 3 nitrogen and oxygen atoms in total. The Morgan fingerprint density at radius 2 is 1.85 bits per heavy atom. The molecule has 2 aliphatic rings. The number of hydrogen-bond donors (Lipinski definition) is 0. The molecule has 0 aliphatic carbocycles. The number of benzene rings is 1. The van der Waals surface area contributed by atoms with E-state index in [1.807, 2.05) is 32.3 Å². The molecular formula is C13H16F3NO2P+. The first kappa shape index (κ1) is 13.8. The van der Waals surface area contributed by atoms with E-state index in [2.05, 4.69) is 0 Å². The van der Waals surface area contributed by atoms with Gasteiger partial charge in [-0.25, -0.2) is 0 Å². The Morgan fingerprint density at radius 1 is 1.25 bits per heavy atom. The summed E-state index contributed by atoms with van der Waals surface area (Å²) >= 11 is 0.